The summed E-state index contributed by atoms with van der Waals surface area (Å²) in [5, 5.41) is 8.61. The maximum Gasteiger partial charge on any atom is 0.371 e. The van der Waals surface area contributed by atoms with Gasteiger partial charge in [-0.1, -0.05) is 0 Å². The first kappa shape index (κ1) is 8.62. The summed E-state index contributed by atoms with van der Waals surface area (Å²) in [5.74, 6) is 0.218. The molecule has 0 aliphatic carbocycles. The molecule has 72 valence electrons. The van der Waals surface area contributed by atoms with Crippen molar-refractivity contribution >= 4 is 5.97 Å². The van der Waals surface area contributed by atoms with Crippen molar-refractivity contribution in [1.82, 2.24) is 0 Å². The van der Waals surface area contributed by atoms with Gasteiger partial charge >= 0.3 is 5.97 Å². The Bertz CT molecular complexity index is 425. The Morgan fingerprint density at radius 2 is 2.14 bits per heavy atom. The summed E-state index contributed by atoms with van der Waals surface area (Å²) in [6.07, 6.45) is 2.04. The van der Waals surface area contributed by atoms with E-state index < -0.39 is 5.97 Å². The monoisotopic (exact) mass is 192 g/mol. The van der Waals surface area contributed by atoms with Gasteiger partial charge in [0, 0.05) is 0 Å². The number of hydrogen-bond acceptors (Lipinski definition) is 3. The van der Waals surface area contributed by atoms with Crippen molar-refractivity contribution in [1.29, 1.82) is 0 Å². The largest absolute Gasteiger partial charge is 0.475 e. The second-order valence-corrected chi connectivity index (χ2v) is 2.83. The smallest absolute Gasteiger partial charge is 0.371 e. The van der Waals surface area contributed by atoms with E-state index in [2.05, 4.69) is 0 Å². The van der Waals surface area contributed by atoms with Crippen LogP contribution in [0.2, 0.25) is 0 Å². The van der Waals surface area contributed by atoms with E-state index in [-0.39, 0.29) is 5.76 Å². The van der Waals surface area contributed by atoms with Gasteiger partial charge < -0.3 is 13.9 Å². The summed E-state index contributed by atoms with van der Waals surface area (Å²) in [4.78, 5) is 10.5. The van der Waals surface area contributed by atoms with Crippen molar-refractivity contribution in [3.05, 3.63) is 47.8 Å². The van der Waals surface area contributed by atoms with E-state index in [1.165, 1.54) is 6.07 Å². The maximum absolute atomic E-state index is 10.5. The minimum atomic E-state index is -1.06. The molecule has 0 bridgehead atoms. The highest BCUT2D eigenvalue weighted by Crippen LogP contribution is 2.13. The minimum Gasteiger partial charge on any atom is -0.475 e. The maximum atomic E-state index is 10.5. The van der Waals surface area contributed by atoms with Crippen LogP contribution in [0.15, 0.2) is 39.4 Å². The molecule has 0 unspecified atom stereocenters. The lowest BCUT2D eigenvalue weighted by molar-refractivity contribution is 0.0660. The van der Waals surface area contributed by atoms with E-state index in [0.717, 1.165) is 5.76 Å². The molecule has 0 aliphatic rings. The quantitative estimate of drug-likeness (QED) is 0.809. The van der Waals surface area contributed by atoms with E-state index in [9.17, 15) is 4.79 Å². The lowest BCUT2D eigenvalue weighted by Crippen LogP contribution is -1.92. The molecule has 0 fully saturated rings. The van der Waals surface area contributed by atoms with Crippen LogP contribution < -0.4 is 0 Å². The molecule has 4 nitrogen and oxygen atoms in total. The molecule has 0 amide bonds. The second-order valence-electron chi connectivity index (χ2n) is 2.83. The summed E-state index contributed by atoms with van der Waals surface area (Å²) in [7, 11) is 0. The van der Waals surface area contributed by atoms with Crippen LogP contribution in [0.3, 0.4) is 0 Å². The van der Waals surface area contributed by atoms with Gasteiger partial charge in [-0.3, -0.25) is 0 Å². The Morgan fingerprint density at radius 1 is 1.29 bits per heavy atom. The van der Waals surface area contributed by atoms with Gasteiger partial charge in [-0.05, 0) is 24.3 Å². The van der Waals surface area contributed by atoms with E-state index in [4.69, 9.17) is 13.9 Å². The third-order valence-electron chi connectivity index (χ3n) is 1.80. The summed E-state index contributed by atoms with van der Waals surface area (Å²) in [6, 6.07) is 6.64. The van der Waals surface area contributed by atoms with Gasteiger partial charge in [0.05, 0.1) is 12.7 Å². The van der Waals surface area contributed by atoms with Gasteiger partial charge in [0.25, 0.3) is 0 Å². The molecule has 0 radical (unpaired) electrons. The zero-order chi connectivity index (χ0) is 9.97. The van der Waals surface area contributed by atoms with Gasteiger partial charge in [-0.15, -0.1) is 0 Å². The first-order valence-electron chi connectivity index (χ1n) is 4.10. The van der Waals surface area contributed by atoms with Crippen LogP contribution >= 0.6 is 0 Å². The van der Waals surface area contributed by atoms with Gasteiger partial charge in [-0.2, -0.15) is 0 Å². The number of aromatic carboxylic acids is 1. The Labute approximate surface area is 79.8 Å². The minimum absolute atomic E-state index is 0.0495. The number of hydrogen-bond donors (Lipinski definition) is 1. The topological polar surface area (TPSA) is 63.6 Å². The number of rotatable bonds is 3. The predicted molar refractivity (Wildman–Crippen MR) is 47.2 cm³/mol. The van der Waals surface area contributed by atoms with E-state index >= 15 is 0 Å². The lowest BCUT2D eigenvalue weighted by atomic mass is 10.3. The highest BCUT2D eigenvalue weighted by Gasteiger charge is 2.09. The Morgan fingerprint density at radius 3 is 2.71 bits per heavy atom. The van der Waals surface area contributed by atoms with Gasteiger partial charge in [0.2, 0.25) is 5.76 Å². The normalized spacial score (nSPS) is 10.3. The third-order valence-corrected chi connectivity index (χ3v) is 1.80. The molecule has 2 aromatic heterocycles. The Kier molecular flexibility index (Phi) is 2.10. The predicted octanol–water partition coefficient (Wildman–Crippen LogP) is 2.16. The molecule has 0 saturated carbocycles. The third kappa shape index (κ3) is 1.69. The first-order chi connectivity index (χ1) is 6.75. The van der Waals surface area contributed by atoms with Crippen LogP contribution in [0.5, 0.6) is 0 Å². The highest BCUT2D eigenvalue weighted by molar-refractivity contribution is 5.84. The molecule has 2 rings (SSSR count). The summed E-state index contributed by atoms with van der Waals surface area (Å²) in [6.45, 7) is 0. The number of furan rings is 2. The van der Waals surface area contributed by atoms with Crippen molar-refractivity contribution in [2.75, 3.05) is 0 Å². The summed E-state index contributed by atoms with van der Waals surface area (Å²) < 4.78 is 10.2. The lowest BCUT2D eigenvalue weighted by Gasteiger charge is -1.91. The second kappa shape index (κ2) is 3.41. The molecular formula is C10H8O4. The zero-order valence-corrected chi connectivity index (χ0v) is 7.27. The molecule has 4 heteroatoms. The van der Waals surface area contributed by atoms with Crippen LogP contribution in [-0.4, -0.2) is 11.1 Å². The fraction of sp³-hybridized carbons (Fsp3) is 0.100. The van der Waals surface area contributed by atoms with E-state index in [1.807, 2.05) is 6.07 Å². The standard InChI is InChI=1S/C10H8O4/c11-10(12)9-4-3-8(14-9)6-7-2-1-5-13-7/h1-5H,6H2,(H,11,12). The van der Waals surface area contributed by atoms with E-state index in [0.29, 0.717) is 12.2 Å². The fourth-order valence-electron chi connectivity index (χ4n) is 1.17. The average Bonchev–Trinajstić information content (AvgIpc) is 2.75. The van der Waals surface area contributed by atoms with Crippen molar-refractivity contribution in [2.45, 2.75) is 6.42 Å². The number of carbonyl (C=O) groups is 1. The number of carboxylic acids is 1. The first-order valence-corrected chi connectivity index (χ1v) is 4.10. The molecule has 1 N–H and O–H groups in total. The Hall–Kier alpha value is -1.97. The number of carboxylic acid groups (broad SMARTS) is 1. The molecule has 0 saturated heterocycles. The zero-order valence-electron chi connectivity index (χ0n) is 7.27. The molecule has 0 spiro atoms. The molecule has 0 aliphatic heterocycles. The van der Waals surface area contributed by atoms with Crippen LogP contribution in [-0.2, 0) is 6.42 Å². The summed E-state index contributed by atoms with van der Waals surface area (Å²) >= 11 is 0. The van der Waals surface area contributed by atoms with Crippen molar-refractivity contribution in [3.8, 4) is 0 Å². The van der Waals surface area contributed by atoms with Crippen molar-refractivity contribution in [2.24, 2.45) is 0 Å². The highest BCUT2D eigenvalue weighted by atomic mass is 16.4. The van der Waals surface area contributed by atoms with Crippen molar-refractivity contribution < 1.29 is 18.7 Å². The molecular weight excluding hydrogens is 184 g/mol. The van der Waals surface area contributed by atoms with Gasteiger partial charge in [0.15, 0.2) is 0 Å². The molecule has 2 heterocycles. The van der Waals surface area contributed by atoms with Crippen LogP contribution in [0.25, 0.3) is 0 Å². The average molecular weight is 192 g/mol. The van der Waals surface area contributed by atoms with Crippen LogP contribution in [0.1, 0.15) is 22.1 Å². The Balaban J connectivity index is 2.14. The molecule has 0 atom stereocenters. The summed E-state index contributed by atoms with van der Waals surface area (Å²) in [5.41, 5.74) is 0. The molecule has 2 aromatic rings. The van der Waals surface area contributed by atoms with Gasteiger partial charge in [0.1, 0.15) is 11.5 Å². The van der Waals surface area contributed by atoms with Crippen molar-refractivity contribution in [3.63, 3.8) is 0 Å². The molecule has 14 heavy (non-hydrogen) atoms. The fourth-order valence-corrected chi connectivity index (χ4v) is 1.17. The SMILES string of the molecule is O=C(O)c1ccc(Cc2ccco2)o1. The van der Waals surface area contributed by atoms with Crippen LogP contribution in [0, 0.1) is 0 Å². The van der Waals surface area contributed by atoms with Crippen LogP contribution in [0.4, 0.5) is 0 Å². The van der Waals surface area contributed by atoms with Gasteiger partial charge in [-0.25, -0.2) is 4.79 Å². The van der Waals surface area contributed by atoms with E-state index in [1.54, 1.807) is 18.4 Å². The molecule has 0 aromatic carbocycles.